The predicted molar refractivity (Wildman–Crippen MR) is 104 cm³/mol. The second kappa shape index (κ2) is 7.71. The van der Waals surface area contributed by atoms with Crippen LogP contribution in [0.5, 0.6) is 0 Å². The molecule has 8 heteroatoms. The fourth-order valence-electron chi connectivity index (χ4n) is 2.77. The number of anilines is 1. The molecule has 1 aromatic carbocycles. The minimum atomic E-state index is -1.02. The maximum absolute atomic E-state index is 12.6. The number of carbonyl (C=O) groups excluding carboxylic acids is 1. The highest BCUT2D eigenvalue weighted by atomic mass is 32.1. The zero-order valence-corrected chi connectivity index (χ0v) is 16.1. The topological polar surface area (TPSA) is 97.1 Å². The number of aromatic nitrogens is 3. The Labute approximate surface area is 160 Å². The molecule has 27 heavy (non-hydrogen) atoms. The van der Waals surface area contributed by atoms with E-state index in [1.54, 1.807) is 31.2 Å². The second-order valence-corrected chi connectivity index (χ2v) is 7.22. The van der Waals surface area contributed by atoms with Gasteiger partial charge in [-0.1, -0.05) is 13.0 Å². The molecule has 3 aromatic rings. The molecule has 7 nitrogen and oxygen atoms in total. The van der Waals surface area contributed by atoms with Crippen molar-refractivity contribution in [1.29, 1.82) is 0 Å². The largest absolute Gasteiger partial charge is 0.478 e. The maximum atomic E-state index is 12.6. The quantitative estimate of drug-likeness (QED) is 0.673. The van der Waals surface area contributed by atoms with Crippen LogP contribution in [0, 0.1) is 13.8 Å². The van der Waals surface area contributed by atoms with Gasteiger partial charge in [-0.3, -0.25) is 4.79 Å². The summed E-state index contributed by atoms with van der Waals surface area (Å²) in [4.78, 5) is 28.9. The summed E-state index contributed by atoms with van der Waals surface area (Å²) in [6.45, 7) is 5.61. The van der Waals surface area contributed by atoms with Gasteiger partial charge in [-0.05, 0) is 44.9 Å². The lowest BCUT2D eigenvalue weighted by atomic mass is 10.2. The third-order valence-electron chi connectivity index (χ3n) is 4.10. The summed E-state index contributed by atoms with van der Waals surface area (Å²) < 4.78 is 1.54. The monoisotopic (exact) mass is 384 g/mol. The van der Waals surface area contributed by atoms with Gasteiger partial charge in [-0.25, -0.2) is 14.5 Å². The van der Waals surface area contributed by atoms with Gasteiger partial charge in [-0.2, -0.15) is 5.10 Å². The fraction of sp³-hybridized carbons (Fsp3) is 0.263. The Hall–Kier alpha value is -3.00. The fourth-order valence-corrected chi connectivity index (χ4v) is 3.83. The molecule has 0 aliphatic carbocycles. The van der Waals surface area contributed by atoms with Gasteiger partial charge < -0.3 is 10.4 Å². The van der Waals surface area contributed by atoms with Crippen LogP contribution in [-0.2, 0) is 6.42 Å². The third-order valence-corrected chi connectivity index (χ3v) is 5.32. The van der Waals surface area contributed by atoms with Crippen molar-refractivity contribution in [2.45, 2.75) is 33.6 Å². The molecule has 0 saturated heterocycles. The summed E-state index contributed by atoms with van der Waals surface area (Å²) >= 11 is 1.42. The van der Waals surface area contributed by atoms with Crippen molar-refractivity contribution in [3.8, 4) is 5.69 Å². The lowest BCUT2D eigenvalue weighted by Crippen LogP contribution is -2.12. The number of rotatable bonds is 6. The van der Waals surface area contributed by atoms with E-state index < -0.39 is 5.97 Å². The number of nitrogens with one attached hydrogen (secondary N) is 1. The Balaban J connectivity index is 1.84. The Bertz CT molecular complexity index is 1010. The zero-order valence-electron chi connectivity index (χ0n) is 15.3. The molecule has 0 atom stereocenters. The number of aryl methyl sites for hydroxylation is 2. The Morgan fingerprint density at radius 3 is 2.74 bits per heavy atom. The number of amides is 1. The van der Waals surface area contributed by atoms with Gasteiger partial charge in [0.05, 0.1) is 28.3 Å². The van der Waals surface area contributed by atoms with E-state index in [0.29, 0.717) is 21.9 Å². The first-order chi connectivity index (χ1) is 12.9. The van der Waals surface area contributed by atoms with E-state index in [2.05, 4.69) is 22.3 Å². The van der Waals surface area contributed by atoms with E-state index in [-0.39, 0.29) is 11.5 Å². The second-order valence-electron chi connectivity index (χ2n) is 6.14. The number of hydrogen-bond acceptors (Lipinski definition) is 5. The van der Waals surface area contributed by atoms with Gasteiger partial charge in [0.15, 0.2) is 0 Å². The summed E-state index contributed by atoms with van der Waals surface area (Å²) in [5.41, 5.74) is 2.67. The minimum absolute atomic E-state index is 0.146. The summed E-state index contributed by atoms with van der Waals surface area (Å²) in [5.74, 6) is -1.22. The van der Waals surface area contributed by atoms with E-state index in [4.69, 9.17) is 0 Å². The average Bonchev–Trinajstić information content (AvgIpc) is 3.18. The molecular weight excluding hydrogens is 364 g/mol. The molecular formula is C19H20N4O3S. The first-order valence-electron chi connectivity index (χ1n) is 8.56. The number of hydrogen-bond donors (Lipinski definition) is 2. The number of carboxylic acids is 1. The van der Waals surface area contributed by atoms with Gasteiger partial charge in [0.1, 0.15) is 10.4 Å². The lowest BCUT2D eigenvalue weighted by Gasteiger charge is -2.08. The lowest BCUT2D eigenvalue weighted by molar-refractivity contribution is 0.0696. The predicted octanol–water partition coefficient (Wildman–Crippen LogP) is 3.85. The number of thiazole rings is 1. The number of benzene rings is 1. The first kappa shape index (κ1) is 18.8. The standard InChI is InChI=1S/C19H20N4O3S/c1-4-6-16-21-11(2)17(27-16)18(24)22-13-7-5-8-14(9-13)23-12(3)15(10-20-23)19(25)26/h5,7-10H,4,6H2,1-3H3,(H,22,24)(H,25,26). The Morgan fingerprint density at radius 1 is 1.30 bits per heavy atom. The number of aromatic carboxylic acids is 1. The Kier molecular flexibility index (Phi) is 5.36. The summed E-state index contributed by atoms with van der Waals surface area (Å²) in [7, 11) is 0. The molecule has 2 heterocycles. The molecule has 2 aromatic heterocycles. The van der Waals surface area contributed by atoms with Crippen LogP contribution in [0.4, 0.5) is 5.69 Å². The van der Waals surface area contributed by atoms with Crippen molar-refractivity contribution in [3.63, 3.8) is 0 Å². The van der Waals surface area contributed by atoms with Crippen LogP contribution in [0.25, 0.3) is 5.69 Å². The van der Waals surface area contributed by atoms with Crippen LogP contribution < -0.4 is 5.32 Å². The van der Waals surface area contributed by atoms with E-state index >= 15 is 0 Å². The van der Waals surface area contributed by atoms with Crippen molar-refractivity contribution in [2.75, 3.05) is 5.32 Å². The van der Waals surface area contributed by atoms with Crippen LogP contribution >= 0.6 is 11.3 Å². The van der Waals surface area contributed by atoms with Crippen molar-refractivity contribution in [3.05, 3.63) is 57.3 Å². The molecule has 0 saturated carbocycles. The van der Waals surface area contributed by atoms with Crippen molar-refractivity contribution in [2.24, 2.45) is 0 Å². The SMILES string of the molecule is CCCc1nc(C)c(C(=O)Nc2cccc(-n3ncc(C(=O)O)c3C)c2)s1. The van der Waals surface area contributed by atoms with E-state index in [0.717, 1.165) is 23.5 Å². The Morgan fingerprint density at radius 2 is 2.07 bits per heavy atom. The van der Waals surface area contributed by atoms with Crippen LogP contribution in [0.1, 0.15) is 49.8 Å². The van der Waals surface area contributed by atoms with Gasteiger partial charge >= 0.3 is 5.97 Å². The highest BCUT2D eigenvalue weighted by molar-refractivity contribution is 7.13. The normalized spacial score (nSPS) is 10.8. The molecule has 1 amide bonds. The minimum Gasteiger partial charge on any atom is -0.478 e. The van der Waals surface area contributed by atoms with E-state index in [1.807, 2.05) is 6.92 Å². The molecule has 0 radical (unpaired) electrons. The van der Waals surface area contributed by atoms with Gasteiger partial charge in [0.2, 0.25) is 0 Å². The molecule has 2 N–H and O–H groups in total. The number of carbonyl (C=O) groups is 2. The molecule has 0 unspecified atom stereocenters. The molecule has 0 aliphatic rings. The van der Waals surface area contributed by atoms with Crippen LogP contribution in [0.3, 0.4) is 0 Å². The molecule has 0 aliphatic heterocycles. The zero-order chi connectivity index (χ0) is 19.6. The van der Waals surface area contributed by atoms with Crippen molar-refractivity contribution >= 4 is 28.9 Å². The summed E-state index contributed by atoms with van der Waals surface area (Å²) in [6.07, 6.45) is 3.16. The molecule has 0 spiro atoms. The van der Waals surface area contributed by atoms with Crippen LogP contribution in [0.15, 0.2) is 30.5 Å². The summed E-state index contributed by atoms with van der Waals surface area (Å²) in [5, 5.41) is 17.2. The highest BCUT2D eigenvalue weighted by Crippen LogP contribution is 2.22. The van der Waals surface area contributed by atoms with Gasteiger partial charge in [0, 0.05) is 5.69 Å². The molecule has 140 valence electrons. The number of nitrogens with zero attached hydrogens (tertiary/aromatic N) is 3. The van der Waals surface area contributed by atoms with E-state index in [1.165, 1.54) is 22.2 Å². The van der Waals surface area contributed by atoms with Crippen molar-refractivity contribution in [1.82, 2.24) is 14.8 Å². The van der Waals surface area contributed by atoms with Crippen LogP contribution in [0.2, 0.25) is 0 Å². The highest BCUT2D eigenvalue weighted by Gasteiger charge is 2.17. The smallest absolute Gasteiger partial charge is 0.339 e. The van der Waals surface area contributed by atoms with Gasteiger partial charge in [-0.15, -0.1) is 11.3 Å². The molecule has 0 bridgehead atoms. The summed E-state index contributed by atoms with van der Waals surface area (Å²) in [6, 6.07) is 7.13. The van der Waals surface area contributed by atoms with Gasteiger partial charge in [0.25, 0.3) is 5.91 Å². The molecule has 3 rings (SSSR count). The molecule has 0 fully saturated rings. The first-order valence-corrected chi connectivity index (χ1v) is 9.38. The van der Waals surface area contributed by atoms with Crippen molar-refractivity contribution < 1.29 is 14.7 Å². The van der Waals surface area contributed by atoms with E-state index in [9.17, 15) is 14.7 Å². The van der Waals surface area contributed by atoms with Crippen LogP contribution in [-0.4, -0.2) is 31.7 Å². The maximum Gasteiger partial charge on any atom is 0.339 e. The average molecular weight is 384 g/mol. The number of carboxylic acid groups (broad SMARTS) is 1. The third kappa shape index (κ3) is 3.90.